The van der Waals surface area contributed by atoms with Gasteiger partial charge in [-0.15, -0.1) is 0 Å². The number of benzene rings is 1. The molecule has 23 heavy (non-hydrogen) atoms. The second-order valence-electron chi connectivity index (χ2n) is 4.58. The highest BCUT2D eigenvalue weighted by atomic mass is 32.2. The number of imidazole rings is 1. The molecule has 0 aliphatic rings. The van der Waals surface area contributed by atoms with Crippen molar-refractivity contribution in [3.63, 3.8) is 0 Å². The fourth-order valence-electron chi connectivity index (χ4n) is 1.71. The predicted octanol–water partition coefficient (Wildman–Crippen LogP) is 1.94. The van der Waals surface area contributed by atoms with Crippen LogP contribution in [0.2, 0.25) is 0 Å². The zero-order chi connectivity index (χ0) is 17.4. The van der Waals surface area contributed by atoms with Crippen LogP contribution in [0.3, 0.4) is 0 Å². The van der Waals surface area contributed by atoms with Crippen molar-refractivity contribution < 1.29 is 31.5 Å². The molecule has 0 fully saturated rings. The first-order valence-electron chi connectivity index (χ1n) is 5.95. The van der Waals surface area contributed by atoms with Crippen molar-refractivity contribution in [2.24, 2.45) is 7.05 Å². The number of hydrogen-bond acceptors (Lipinski definition) is 4. The van der Waals surface area contributed by atoms with E-state index in [4.69, 9.17) is 5.11 Å². The lowest BCUT2D eigenvalue weighted by molar-refractivity contribution is -0.137. The maximum Gasteiger partial charge on any atom is 0.416 e. The Morgan fingerprint density at radius 2 is 1.96 bits per heavy atom. The average Bonchev–Trinajstić information content (AvgIpc) is 2.84. The van der Waals surface area contributed by atoms with Crippen LogP contribution in [0.15, 0.2) is 35.7 Å². The van der Waals surface area contributed by atoms with Crippen LogP contribution >= 0.6 is 0 Å². The number of alkyl halides is 3. The molecule has 2 aromatic rings. The fraction of sp³-hybridized carbons (Fsp3) is 0.167. The van der Waals surface area contributed by atoms with Crippen LogP contribution in [0.4, 0.5) is 18.9 Å². The molecule has 0 aliphatic heterocycles. The molecule has 0 saturated carbocycles. The Balaban J connectivity index is 2.47. The number of anilines is 1. The molecule has 124 valence electrons. The van der Waals surface area contributed by atoms with E-state index in [1.54, 1.807) is 0 Å². The molecule has 2 N–H and O–H groups in total. The van der Waals surface area contributed by atoms with E-state index in [0.717, 1.165) is 12.3 Å². The van der Waals surface area contributed by atoms with Gasteiger partial charge in [0.15, 0.2) is 5.03 Å². The highest BCUT2D eigenvalue weighted by molar-refractivity contribution is 7.92. The molecular weight excluding hydrogens is 339 g/mol. The Morgan fingerprint density at radius 3 is 2.43 bits per heavy atom. The summed E-state index contributed by atoms with van der Waals surface area (Å²) in [6.07, 6.45) is -2.48. The third kappa shape index (κ3) is 3.80. The number of carbonyl (C=O) groups is 1. The van der Waals surface area contributed by atoms with Crippen LogP contribution in [0, 0.1) is 0 Å². The van der Waals surface area contributed by atoms with Gasteiger partial charge >= 0.3 is 12.1 Å². The third-order valence-electron chi connectivity index (χ3n) is 2.72. The summed E-state index contributed by atoms with van der Waals surface area (Å²) in [5.74, 6) is -1.62. The van der Waals surface area contributed by atoms with Crippen LogP contribution < -0.4 is 4.72 Å². The molecule has 0 unspecified atom stereocenters. The smallest absolute Gasteiger partial charge is 0.416 e. The number of rotatable bonds is 4. The van der Waals surface area contributed by atoms with Gasteiger partial charge in [0.2, 0.25) is 0 Å². The van der Waals surface area contributed by atoms with E-state index >= 15 is 0 Å². The number of halogens is 3. The molecular formula is C12H10F3N3O4S. The minimum absolute atomic E-state index is 0.408. The molecule has 0 spiro atoms. The summed E-state index contributed by atoms with van der Waals surface area (Å²) in [6.45, 7) is 0. The van der Waals surface area contributed by atoms with Gasteiger partial charge in [0.05, 0.1) is 23.1 Å². The highest BCUT2D eigenvalue weighted by Gasteiger charge is 2.32. The van der Waals surface area contributed by atoms with E-state index in [-0.39, 0.29) is 0 Å². The Kier molecular flexibility index (Phi) is 4.07. The van der Waals surface area contributed by atoms with Crippen molar-refractivity contribution in [3.05, 3.63) is 41.9 Å². The molecule has 0 radical (unpaired) electrons. The molecule has 0 amide bonds. The Labute approximate surface area is 128 Å². The Morgan fingerprint density at radius 1 is 1.30 bits per heavy atom. The standard InChI is InChI=1S/C12H10F3N3O4S/c1-18-5-10(16-6-18)23(21,22)17-9-3-7(11(19)20)2-8(4-9)12(13,14)15/h2-6,17H,1H3,(H,19,20). The Bertz CT molecular complexity index is 859. The van der Waals surface area contributed by atoms with Gasteiger partial charge in [0.1, 0.15) is 0 Å². The molecule has 1 heterocycles. The first kappa shape index (κ1) is 16.8. The molecule has 0 saturated heterocycles. The van der Waals surface area contributed by atoms with Crippen molar-refractivity contribution >= 4 is 21.7 Å². The number of carboxylic acid groups (broad SMARTS) is 1. The van der Waals surface area contributed by atoms with Gasteiger partial charge in [0.25, 0.3) is 10.0 Å². The zero-order valence-electron chi connectivity index (χ0n) is 11.5. The normalized spacial score (nSPS) is 12.2. The predicted molar refractivity (Wildman–Crippen MR) is 72.4 cm³/mol. The van der Waals surface area contributed by atoms with E-state index < -0.39 is 44.0 Å². The summed E-state index contributed by atoms with van der Waals surface area (Å²) < 4.78 is 65.7. The molecule has 0 atom stereocenters. The lowest BCUT2D eigenvalue weighted by Gasteiger charge is -2.12. The van der Waals surface area contributed by atoms with Crippen LogP contribution in [0.25, 0.3) is 0 Å². The number of aromatic carboxylic acids is 1. The van der Waals surface area contributed by atoms with Crippen LogP contribution in [0.5, 0.6) is 0 Å². The lowest BCUT2D eigenvalue weighted by Crippen LogP contribution is -2.15. The second kappa shape index (κ2) is 5.57. The first-order valence-corrected chi connectivity index (χ1v) is 7.44. The summed E-state index contributed by atoms with van der Waals surface area (Å²) in [5, 5.41) is 8.45. The number of aromatic nitrogens is 2. The van der Waals surface area contributed by atoms with E-state index in [1.807, 2.05) is 4.72 Å². The Hall–Kier alpha value is -2.56. The molecule has 1 aromatic heterocycles. The first-order chi connectivity index (χ1) is 10.5. The van der Waals surface area contributed by atoms with Crippen molar-refractivity contribution in [3.8, 4) is 0 Å². The maximum absolute atomic E-state index is 12.8. The van der Waals surface area contributed by atoms with Crippen molar-refractivity contribution in [2.75, 3.05) is 4.72 Å². The van der Waals surface area contributed by atoms with Gasteiger partial charge in [-0.25, -0.2) is 9.78 Å². The summed E-state index contributed by atoms with van der Waals surface area (Å²) >= 11 is 0. The SMILES string of the molecule is Cn1cnc(S(=O)(=O)Nc2cc(C(=O)O)cc(C(F)(F)F)c2)c1. The van der Waals surface area contributed by atoms with Crippen LogP contribution in [-0.4, -0.2) is 29.0 Å². The van der Waals surface area contributed by atoms with E-state index in [1.165, 1.54) is 17.9 Å². The van der Waals surface area contributed by atoms with Crippen molar-refractivity contribution in [1.82, 2.24) is 9.55 Å². The quantitative estimate of drug-likeness (QED) is 0.878. The summed E-state index contributed by atoms with van der Waals surface area (Å²) in [5.41, 5.74) is -2.50. The average molecular weight is 349 g/mol. The molecule has 1 aromatic carbocycles. The number of sulfonamides is 1. The van der Waals surface area contributed by atoms with Gasteiger partial charge in [-0.3, -0.25) is 4.72 Å². The van der Waals surface area contributed by atoms with Gasteiger partial charge in [-0.05, 0) is 18.2 Å². The van der Waals surface area contributed by atoms with Gasteiger partial charge in [-0.2, -0.15) is 21.6 Å². The van der Waals surface area contributed by atoms with Gasteiger partial charge in [0, 0.05) is 13.2 Å². The summed E-state index contributed by atoms with van der Waals surface area (Å²) in [6, 6.07) is 1.71. The third-order valence-corrected chi connectivity index (χ3v) is 3.98. The minimum atomic E-state index is -4.82. The van der Waals surface area contributed by atoms with Crippen LogP contribution in [-0.2, 0) is 23.2 Å². The molecule has 11 heteroatoms. The fourth-order valence-corrected chi connectivity index (χ4v) is 2.73. The number of nitrogens with one attached hydrogen (secondary N) is 1. The molecule has 0 aliphatic carbocycles. The zero-order valence-corrected chi connectivity index (χ0v) is 12.3. The van der Waals surface area contributed by atoms with Crippen molar-refractivity contribution in [2.45, 2.75) is 11.2 Å². The minimum Gasteiger partial charge on any atom is -0.478 e. The van der Waals surface area contributed by atoms with E-state index in [9.17, 15) is 26.4 Å². The number of carboxylic acids is 1. The summed E-state index contributed by atoms with van der Waals surface area (Å²) in [7, 11) is -2.73. The monoisotopic (exact) mass is 349 g/mol. The molecule has 0 bridgehead atoms. The van der Waals surface area contributed by atoms with E-state index in [0.29, 0.717) is 12.1 Å². The lowest BCUT2D eigenvalue weighted by atomic mass is 10.1. The van der Waals surface area contributed by atoms with Crippen molar-refractivity contribution in [1.29, 1.82) is 0 Å². The molecule has 2 rings (SSSR count). The number of hydrogen-bond donors (Lipinski definition) is 2. The topological polar surface area (TPSA) is 101 Å². The van der Waals surface area contributed by atoms with E-state index in [2.05, 4.69) is 4.98 Å². The highest BCUT2D eigenvalue weighted by Crippen LogP contribution is 2.32. The van der Waals surface area contributed by atoms with Crippen LogP contribution in [0.1, 0.15) is 15.9 Å². The second-order valence-corrected chi connectivity index (χ2v) is 6.21. The summed E-state index contributed by atoms with van der Waals surface area (Å²) in [4.78, 5) is 14.5. The number of nitrogens with zero attached hydrogens (tertiary/aromatic N) is 2. The number of aryl methyl sites for hydroxylation is 1. The van der Waals surface area contributed by atoms with Gasteiger partial charge < -0.3 is 9.67 Å². The van der Waals surface area contributed by atoms with Gasteiger partial charge in [-0.1, -0.05) is 0 Å². The largest absolute Gasteiger partial charge is 0.478 e. The maximum atomic E-state index is 12.8. The molecule has 7 nitrogen and oxygen atoms in total.